The summed E-state index contributed by atoms with van der Waals surface area (Å²) in [6.45, 7) is 7.24. The Kier molecular flexibility index (Phi) is 3.97. The predicted molar refractivity (Wildman–Crippen MR) is 107 cm³/mol. The molecule has 0 bridgehead atoms. The maximum atomic E-state index is 13.0. The molecule has 0 aromatic carbocycles. The Balaban J connectivity index is 1.52. The molecule has 5 aliphatic rings. The lowest BCUT2D eigenvalue weighted by Crippen LogP contribution is -2.62. The third kappa shape index (κ3) is 2.19. The molecular formula is C24H30O6. The minimum atomic E-state index is -1.51. The highest BCUT2D eigenvalue weighted by molar-refractivity contribution is 6.01. The van der Waals surface area contributed by atoms with Gasteiger partial charge in [-0.3, -0.25) is 14.4 Å². The van der Waals surface area contributed by atoms with Gasteiger partial charge in [-0.2, -0.15) is 0 Å². The Bertz CT molecular complexity index is 919. The SMILES string of the molecule is CC(=O)OCC(=O)[C@@]1(O)CC[C@@H]2[C@@H]3C[C@H](C)C4=CC(=O)C=C[C@]4(C)[C@]34O[C@H]4C[C@@]21C. The molecule has 4 fully saturated rings. The van der Waals surface area contributed by atoms with Crippen LogP contribution in [-0.4, -0.2) is 46.6 Å². The van der Waals surface area contributed by atoms with Crippen LogP contribution in [0.1, 0.15) is 53.4 Å². The van der Waals surface area contributed by atoms with E-state index >= 15 is 0 Å². The van der Waals surface area contributed by atoms with Crippen LogP contribution in [0.3, 0.4) is 0 Å². The fraction of sp³-hybridized carbons (Fsp3) is 0.708. The number of epoxide rings is 1. The van der Waals surface area contributed by atoms with Gasteiger partial charge < -0.3 is 14.6 Å². The van der Waals surface area contributed by atoms with Gasteiger partial charge in [-0.25, -0.2) is 0 Å². The number of fused-ring (bicyclic) bond motifs is 3. The number of hydrogen-bond acceptors (Lipinski definition) is 6. The molecule has 1 spiro atoms. The fourth-order valence-electron chi connectivity index (χ4n) is 7.79. The van der Waals surface area contributed by atoms with E-state index in [1.807, 2.05) is 13.0 Å². The molecule has 3 saturated carbocycles. The van der Waals surface area contributed by atoms with Gasteiger partial charge in [0.15, 0.2) is 12.4 Å². The zero-order chi connectivity index (χ0) is 21.7. The van der Waals surface area contributed by atoms with Gasteiger partial charge >= 0.3 is 5.97 Å². The molecule has 1 saturated heterocycles. The Morgan fingerprint density at radius 2 is 2.03 bits per heavy atom. The Morgan fingerprint density at radius 3 is 2.73 bits per heavy atom. The number of carbonyl (C=O) groups excluding carboxylic acids is 3. The molecule has 8 atom stereocenters. The first kappa shape index (κ1) is 20.1. The number of Topliss-reactive ketones (excluding diaryl/α,β-unsaturated/α-hetero) is 1. The van der Waals surface area contributed by atoms with Crippen molar-refractivity contribution in [1.82, 2.24) is 0 Å². The summed E-state index contributed by atoms with van der Waals surface area (Å²) in [5, 5.41) is 11.6. The van der Waals surface area contributed by atoms with Crippen molar-refractivity contribution in [2.75, 3.05) is 6.61 Å². The van der Waals surface area contributed by atoms with Gasteiger partial charge in [-0.05, 0) is 62.5 Å². The van der Waals surface area contributed by atoms with E-state index in [1.54, 1.807) is 12.2 Å². The number of carbonyl (C=O) groups is 3. The largest absolute Gasteiger partial charge is 0.458 e. The van der Waals surface area contributed by atoms with Gasteiger partial charge in [0.05, 0.1) is 6.10 Å². The van der Waals surface area contributed by atoms with Crippen molar-refractivity contribution in [3.05, 3.63) is 23.8 Å². The minimum Gasteiger partial charge on any atom is -0.458 e. The zero-order valence-corrected chi connectivity index (χ0v) is 18.1. The first-order chi connectivity index (χ1) is 14.0. The smallest absolute Gasteiger partial charge is 0.303 e. The number of esters is 1. The van der Waals surface area contributed by atoms with Gasteiger partial charge in [0.25, 0.3) is 0 Å². The molecule has 0 amide bonds. The summed E-state index contributed by atoms with van der Waals surface area (Å²) in [5.74, 6) is -0.326. The van der Waals surface area contributed by atoms with Gasteiger partial charge in [0, 0.05) is 17.8 Å². The van der Waals surface area contributed by atoms with E-state index in [0.717, 1.165) is 18.4 Å². The van der Waals surface area contributed by atoms with Gasteiger partial charge in [-0.1, -0.05) is 25.5 Å². The zero-order valence-electron chi connectivity index (χ0n) is 18.1. The van der Waals surface area contributed by atoms with E-state index in [-0.39, 0.29) is 47.3 Å². The molecule has 0 aromatic rings. The van der Waals surface area contributed by atoms with Crippen LogP contribution < -0.4 is 0 Å². The van der Waals surface area contributed by atoms with E-state index < -0.39 is 22.8 Å². The Morgan fingerprint density at radius 1 is 1.30 bits per heavy atom. The number of allylic oxidation sites excluding steroid dienone is 2. The summed E-state index contributed by atoms with van der Waals surface area (Å²) >= 11 is 0. The van der Waals surface area contributed by atoms with Crippen molar-refractivity contribution >= 4 is 17.5 Å². The average molecular weight is 414 g/mol. The maximum absolute atomic E-state index is 13.0. The first-order valence-corrected chi connectivity index (χ1v) is 11.0. The minimum absolute atomic E-state index is 0.0355. The number of aliphatic hydroxyl groups is 1. The summed E-state index contributed by atoms with van der Waals surface area (Å²) in [4.78, 5) is 36.2. The summed E-state index contributed by atoms with van der Waals surface area (Å²) in [6, 6.07) is 0. The average Bonchev–Trinajstić information content (AvgIpc) is 3.34. The molecule has 6 nitrogen and oxygen atoms in total. The Labute approximate surface area is 176 Å². The van der Waals surface area contributed by atoms with E-state index in [4.69, 9.17) is 9.47 Å². The predicted octanol–water partition coefficient (Wildman–Crippen LogP) is 2.53. The summed E-state index contributed by atoms with van der Waals surface area (Å²) < 4.78 is 11.4. The molecular weight excluding hydrogens is 384 g/mol. The van der Waals surface area contributed by atoms with E-state index in [2.05, 4.69) is 13.8 Å². The molecule has 4 aliphatic carbocycles. The van der Waals surface area contributed by atoms with Crippen molar-refractivity contribution in [3.63, 3.8) is 0 Å². The van der Waals surface area contributed by atoms with Crippen LogP contribution in [-0.2, 0) is 23.9 Å². The number of ketones is 2. The molecule has 6 heteroatoms. The highest BCUT2D eigenvalue weighted by Crippen LogP contribution is 2.76. The molecule has 0 aromatic heterocycles. The van der Waals surface area contributed by atoms with E-state index in [9.17, 15) is 19.5 Å². The third-order valence-corrected chi connectivity index (χ3v) is 9.28. The van der Waals surface area contributed by atoms with Gasteiger partial charge in [-0.15, -0.1) is 0 Å². The van der Waals surface area contributed by atoms with Crippen molar-refractivity contribution < 1.29 is 29.0 Å². The highest BCUT2D eigenvalue weighted by Gasteiger charge is 2.81. The molecule has 1 N–H and O–H groups in total. The molecule has 0 radical (unpaired) electrons. The van der Waals surface area contributed by atoms with Crippen LogP contribution in [0.4, 0.5) is 0 Å². The second kappa shape index (κ2) is 5.92. The van der Waals surface area contributed by atoms with Crippen molar-refractivity contribution in [2.45, 2.75) is 70.7 Å². The summed E-state index contributed by atoms with van der Waals surface area (Å²) in [5.41, 5.74) is -1.68. The summed E-state index contributed by atoms with van der Waals surface area (Å²) in [7, 11) is 0. The summed E-state index contributed by atoms with van der Waals surface area (Å²) in [6.07, 6.45) is 8.02. The molecule has 0 unspecified atom stereocenters. The van der Waals surface area contributed by atoms with E-state index in [0.29, 0.717) is 12.8 Å². The number of rotatable bonds is 3. The first-order valence-electron chi connectivity index (χ1n) is 11.0. The lowest BCUT2D eigenvalue weighted by atomic mass is 9.45. The standard InChI is InChI=1S/C24H30O6/c1-13-9-18-16-6-8-23(28,19(27)12-29-14(2)25)22(16,4)11-20-24(18,30-20)21(3)7-5-15(26)10-17(13)21/h5,7,10,13,16,18,20,28H,6,8-9,11-12H2,1-4H3/t13-,16+,18-,20-,21-,22-,23-,24-/m0/s1. The topological polar surface area (TPSA) is 93.2 Å². The number of ether oxygens (including phenoxy) is 2. The molecule has 30 heavy (non-hydrogen) atoms. The van der Waals surface area contributed by atoms with Crippen LogP contribution >= 0.6 is 0 Å². The van der Waals surface area contributed by atoms with Crippen LogP contribution in [0.2, 0.25) is 0 Å². The Hall–Kier alpha value is -1.79. The molecule has 162 valence electrons. The molecule has 5 rings (SSSR count). The molecule has 1 heterocycles. The number of hydrogen-bond donors (Lipinski definition) is 1. The lowest BCUT2D eigenvalue weighted by Gasteiger charge is -2.57. The quantitative estimate of drug-likeness (QED) is 0.564. The highest BCUT2D eigenvalue weighted by atomic mass is 16.6. The fourth-order valence-corrected chi connectivity index (χ4v) is 7.79. The van der Waals surface area contributed by atoms with Gasteiger partial charge in [0.1, 0.15) is 11.2 Å². The van der Waals surface area contributed by atoms with Crippen LogP contribution in [0.15, 0.2) is 23.8 Å². The van der Waals surface area contributed by atoms with Crippen LogP contribution in [0.25, 0.3) is 0 Å². The van der Waals surface area contributed by atoms with Crippen LogP contribution in [0, 0.1) is 28.6 Å². The normalized spacial score (nSPS) is 50.6. The van der Waals surface area contributed by atoms with Crippen molar-refractivity contribution in [2.24, 2.45) is 28.6 Å². The van der Waals surface area contributed by atoms with E-state index in [1.165, 1.54) is 6.92 Å². The van der Waals surface area contributed by atoms with Gasteiger partial charge in [0.2, 0.25) is 5.78 Å². The lowest BCUT2D eigenvalue weighted by molar-refractivity contribution is -0.166. The van der Waals surface area contributed by atoms with Crippen molar-refractivity contribution in [3.8, 4) is 0 Å². The third-order valence-electron chi connectivity index (χ3n) is 9.28. The van der Waals surface area contributed by atoms with Crippen LogP contribution in [0.5, 0.6) is 0 Å². The van der Waals surface area contributed by atoms with Crippen molar-refractivity contribution in [1.29, 1.82) is 0 Å². The second-order valence-corrected chi connectivity index (χ2v) is 10.5. The maximum Gasteiger partial charge on any atom is 0.303 e. The monoisotopic (exact) mass is 414 g/mol. The molecule has 1 aliphatic heterocycles. The second-order valence-electron chi connectivity index (χ2n) is 10.5.